The molecular weight excluding hydrogens is 378 g/mol. The summed E-state index contributed by atoms with van der Waals surface area (Å²) in [6.45, 7) is 4.19. The maximum absolute atomic E-state index is 13.4. The van der Waals surface area contributed by atoms with Crippen molar-refractivity contribution >= 4 is 27.0 Å². The van der Waals surface area contributed by atoms with Crippen molar-refractivity contribution < 1.29 is 13.2 Å². The molecule has 0 bridgehead atoms. The van der Waals surface area contributed by atoms with Crippen molar-refractivity contribution in [2.45, 2.75) is 36.3 Å². The number of sulfone groups is 1. The van der Waals surface area contributed by atoms with Crippen molar-refractivity contribution in [2.75, 3.05) is 13.7 Å². The molecule has 0 saturated heterocycles. The van der Waals surface area contributed by atoms with Gasteiger partial charge < -0.3 is 10.5 Å². The predicted octanol–water partition coefficient (Wildman–Crippen LogP) is 3.42. The second-order valence-corrected chi connectivity index (χ2v) is 9.70. The van der Waals surface area contributed by atoms with Gasteiger partial charge in [0.05, 0.1) is 27.2 Å². The molecule has 2 aromatic rings. The third-order valence-electron chi connectivity index (χ3n) is 5.53. The molecule has 0 aliphatic heterocycles. The SMILES string of the molecule is CCc1ccc([C@H]2[C@@H](S(=O)(=O)c3ccc(C)cc3)[C@@]2(COC)C(N)=S)cc1. The van der Waals surface area contributed by atoms with E-state index in [1.54, 1.807) is 31.4 Å². The average molecular weight is 404 g/mol. The van der Waals surface area contributed by atoms with Gasteiger partial charge in [-0.25, -0.2) is 8.42 Å². The summed E-state index contributed by atoms with van der Waals surface area (Å²) in [5, 5.41) is -0.724. The lowest BCUT2D eigenvalue weighted by Crippen LogP contribution is -2.33. The summed E-state index contributed by atoms with van der Waals surface area (Å²) in [4.78, 5) is 0.483. The summed E-state index contributed by atoms with van der Waals surface area (Å²) < 4.78 is 32.2. The van der Waals surface area contributed by atoms with Crippen LogP contribution in [0.15, 0.2) is 53.4 Å². The fraction of sp³-hybridized carbons (Fsp3) is 0.381. The fourth-order valence-corrected chi connectivity index (χ4v) is 6.71. The number of aryl methyl sites for hydroxylation is 2. The van der Waals surface area contributed by atoms with Gasteiger partial charge in [0.2, 0.25) is 0 Å². The van der Waals surface area contributed by atoms with Crippen LogP contribution in [0.25, 0.3) is 0 Å². The molecule has 1 aliphatic rings. The van der Waals surface area contributed by atoms with Gasteiger partial charge >= 0.3 is 0 Å². The standard InChI is InChI=1S/C21H25NO3S2/c1-4-15-7-9-16(10-8-15)18-19(21(18,13-25-3)20(22)26)27(23,24)17-11-5-14(2)6-12-17/h5-12,18-19H,4,13H2,1-3H3,(H2,22,26)/t18-,19+,21-/m0/s1. The Bertz CT molecular complexity index is 936. The summed E-state index contributed by atoms with van der Waals surface area (Å²) in [6, 6.07) is 14.9. The van der Waals surface area contributed by atoms with Gasteiger partial charge in [-0.1, -0.05) is 61.1 Å². The van der Waals surface area contributed by atoms with Gasteiger partial charge in [0.25, 0.3) is 0 Å². The summed E-state index contributed by atoms with van der Waals surface area (Å²) in [6.07, 6.45) is 0.925. The van der Waals surface area contributed by atoms with Crippen LogP contribution in [0.5, 0.6) is 0 Å². The molecule has 2 aromatic carbocycles. The zero-order valence-electron chi connectivity index (χ0n) is 15.8. The molecule has 3 rings (SSSR count). The van der Waals surface area contributed by atoms with Crippen LogP contribution in [0.2, 0.25) is 0 Å². The van der Waals surface area contributed by atoms with Gasteiger partial charge in [0.15, 0.2) is 9.84 Å². The van der Waals surface area contributed by atoms with E-state index in [-0.39, 0.29) is 17.5 Å². The summed E-state index contributed by atoms with van der Waals surface area (Å²) >= 11 is 5.34. The molecule has 3 atom stereocenters. The van der Waals surface area contributed by atoms with Crippen molar-refractivity contribution in [1.29, 1.82) is 0 Å². The fourth-order valence-electron chi connectivity index (χ4n) is 3.94. The minimum absolute atomic E-state index is 0.179. The van der Waals surface area contributed by atoms with Gasteiger partial charge in [-0.05, 0) is 36.6 Å². The van der Waals surface area contributed by atoms with Gasteiger partial charge in [0, 0.05) is 13.0 Å². The topological polar surface area (TPSA) is 69.4 Å². The van der Waals surface area contributed by atoms with Gasteiger partial charge in [-0.3, -0.25) is 0 Å². The van der Waals surface area contributed by atoms with E-state index in [9.17, 15) is 8.42 Å². The molecule has 1 saturated carbocycles. The molecule has 0 spiro atoms. The quantitative estimate of drug-likeness (QED) is 0.718. The second-order valence-electron chi connectivity index (χ2n) is 7.19. The highest BCUT2D eigenvalue weighted by Gasteiger charge is 2.73. The number of methoxy groups -OCH3 is 1. The lowest BCUT2D eigenvalue weighted by Gasteiger charge is -2.16. The maximum Gasteiger partial charge on any atom is 0.182 e. The molecule has 0 unspecified atom stereocenters. The number of hydrogen-bond donors (Lipinski definition) is 1. The lowest BCUT2D eigenvalue weighted by molar-refractivity contribution is 0.166. The molecule has 0 heterocycles. The number of rotatable bonds is 7. The molecule has 1 aliphatic carbocycles. The van der Waals surface area contributed by atoms with Crippen molar-refractivity contribution in [3.05, 3.63) is 65.2 Å². The summed E-state index contributed by atoms with van der Waals surface area (Å²) in [5.74, 6) is -0.313. The Morgan fingerprint density at radius 2 is 1.74 bits per heavy atom. The van der Waals surface area contributed by atoms with E-state index in [1.165, 1.54) is 5.56 Å². The number of benzene rings is 2. The zero-order chi connectivity index (χ0) is 19.8. The molecule has 0 radical (unpaired) electrons. The molecule has 27 heavy (non-hydrogen) atoms. The normalized spacial score (nSPS) is 24.6. The summed E-state index contributed by atoms with van der Waals surface area (Å²) in [5.41, 5.74) is 8.33. The van der Waals surface area contributed by atoms with Crippen molar-refractivity contribution in [3.63, 3.8) is 0 Å². The monoisotopic (exact) mass is 403 g/mol. The van der Waals surface area contributed by atoms with Gasteiger partial charge in [0.1, 0.15) is 0 Å². The van der Waals surface area contributed by atoms with Gasteiger partial charge in [-0.2, -0.15) is 0 Å². The molecule has 144 valence electrons. The number of nitrogens with two attached hydrogens (primary N) is 1. The van der Waals surface area contributed by atoms with E-state index in [1.807, 2.05) is 31.2 Å². The minimum atomic E-state index is -3.62. The van der Waals surface area contributed by atoms with Crippen molar-refractivity contribution in [3.8, 4) is 0 Å². The van der Waals surface area contributed by atoms with Crippen LogP contribution < -0.4 is 5.73 Å². The van der Waals surface area contributed by atoms with Crippen molar-refractivity contribution in [1.82, 2.24) is 0 Å². The Hall–Kier alpha value is -1.76. The number of thiocarbonyl (C=S) groups is 1. The van der Waals surface area contributed by atoms with E-state index >= 15 is 0 Å². The molecule has 0 amide bonds. The maximum atomic E-state index is 13.4. The lowest BCUT2D eigenvalue weighted by atomic mass is 9.98. The first-order valence-electron chi connectivity index (χ1n) is 8.97. The van der Waals surface area contributed by atoms with Crippen molar-refractivity contribution in [2.24, 2.45) is 11.1 Å². The van der Waals surface area contributed by atoms with Crippen LogP contribution in [0, 0.1) is 12.3 Å². The Labute approximate surface area is 166 Å². The first-order valence-corrected chi connectivity index (χ1v) is 10.9. The van der Waals surface area contributed by atoms with Crippen LogP contribution in [-0.4, -0.2) is 32.4 Å². The second kappa shape index (κ2) is 7.34. The largest absolute Gasteiger partial charge is 0.393 e. The van der Waals surface area contributed by atoms with Gasteiger partial charge in [-0.15, -0.1) is 0 Å². The molecule has 6 heteroatoms. The number of hydrogen-bond acceptors (Lipinski definition) is 4. The van der Waals surface area contributed by atoms with E-state index < -0.39 is 20.5 Å². The molecule has 0 aromatic heterocycles. The Morgan fingerprint density at radius 1 is 1.15 bits per heavy atom. The van der Waals surface area contributed by atoms with Crippen LogP contribution in [0.4, 0.5) is 0 Å². The molecule has 4 nitrogen and oxygen atoms in total. The first kappa shape index (κ1) is 20.0. The predicted molar refractivity (Wildman–Crippen MR) is 112 cm³/mol. The Balaban J connectivity index is 2.09. The van der Waals surface area contributed by atoms with Crippen LogP contribution in [0.1, 0.15) is 29.5 Å². The highest BCUT2D eigenvalue weighted by Crippen LogP contribution is 2.64. The van der Waals surface area contributed by atoms with Crippen LogP contribution >= 0.6 is 12.2 Å². The van der Waals surface area contributed by atoms with E-state index in [0.717, 1.165) is 17.5 Å². The highest BCUT2D eigenvalue weighted by molar-refractivity contribution is 7.92. The minimum Gasteiger partial charge on any atom is -0.393 e. The third-order valence-corrected chi connectivity index (χ3v) is 8.20. The van der Waals surface area contributed by atoms with Crippen LogP contribution in [0.3, 0.4) is 0 Å². The zero-order valence-corrected chi connectivity index (χ0v) is 17.4. The van der Waals surface area contributed by atoms with E-state index in [2.05, 4.69) is 6.92 Å². The highest BCUT2D eigenvalue weighted by atomic mass is 32.2. The average Bonchev–Trinajstić information content (AvgIpc) is 3.33. The third kappa shape index (κ3) is 3.30. The van der Waals surface area contributed by atoms with E-state index in [0.29, 0.717) is 4.90 Å². The summed E-state index contributed by atoms with van der Waals surface area (Å²) in [7, 11) is -2.07. The molecule has 1 fully saturated rings. The molecule has 2 N–H and O–H groups in total. The Morgan fingerprint density at radius 3 is 2.22 bits per heavy atom. The first-order chi connectivity index (χ1) is 12.8. The van der Waals surface area contributed by atoms with Crippen LogP contribution in [-0.2, 0) is 21.0 Å². The van der Waals surface area contributed by atoms with E-state index in [4.69, 9.17) is 22.7 Å². The smallest absolute Gasteiger partial charge is 0.182 e. The Kier molecular flexibility index (Phi) is 5.43. The number of ether oxygens (including phenoxy) is 1. The molecular formula is C21H25NO3S2.